The van der Waals surface area contributed by atoms with E-state index in [1.807, 2.05) is 32.0 Å². The fourth-order valence-corrected chi connectivity index (χ4v) is 3.20. The van der Waals surface area contributed by atoms with Crippen LogP contribution in [0.3, 0.4) is 0 Å². The number of hydrogen-bond acceptors (Lipinski definition) is 4. The van der Waals surface area contributed by atoms with Crippen LogP contribution in [-0.4, -0.2) is 24.5 Å². The van der Waals surface area contributed by atoms with Crippen molar-refractivity contribution in [1.29, 1.82) is 0 Å². The van der Waals surface area contributed by atoms with Gasteiger partial charge in [0.2, 0.25) is 0 Å². The Balaban J connectivity index is 1.70. The minimum absolute atomic E-state index is 0.0797. The fraction of sp³-hybridized carbons (Fsp3) is 0.200. The lowest BCUT2D eigenvalue weighted by Gasteiger charge is -2.09. The molecule has 0 atom stereocenters. The summed E-state index contributed by atoms with van der Waals surface area (Å²) in [6.45, 7) is 4.00. The molecule has 2 heterocycles. The van der Waals surface area contributed by atoms with E-state index in [1.54, 1.807) is 0 Å². The first-order valence-corrected chi connectivity index (χ1v) is 8.78. The van der Waals surface area contributed by atoms with Crippen LogP contribution in [0, 0.1) is 13.8 Å². The van der Waals surface area contributed by atoms with Crippen LogP contribution in [0.15, 0.2) is 53.6 Å². The van der Waals surface area contributed by atoms with Crippen LogP contribution in [0.4, 0.5) is 13.2 Å². The highest BCUT2D eigenvalue weighted by Gasteiger charge is 2.29. The summed E-state index contributed by atoms with van der Waals surface area (Å²) in [6.07, 6.45) is -3.05. The topological polar surface area (TPSA) is 65.6 Å². The number of fused-ring (bicyclic) bond motifs is 1. The van der Waals surface area contributed by atoms with E-state index in [9.17, 15) is 18.0 Å². The third-order valence-electron chi connectivity index (χ3n) is 4.51. The van der Waals surface area contributed by atoms with E-state index in [-0.39, 0.29) is 12.1 Å². The van der Waals surface area contributed by atoms with E-state index in [2.05, 4.69) is 15.3 Å². The zero-order valence-corrected chi connectivity index (χ0v) is 15.6. The standard InChI is InChI=1S/C20H16F3N5O/c1-12-7-13(2)9-16(8-12)28-18-17(25-26-28)19(29)27(11-24-18)10-14-3-5-15(6-4-14)20(21,22)23/h3-9,11H,10H2,1-2H3. The lowest BCUT2D eigenvalue weighted by Crippen LogP contribution is -2.21. The van der Waals surface area contributed by atoms with Crippen molar-refractivity contribution in [3.8, 4) is 5.69 Å². The minimum Gasteiger partial charge on any atom is -0.293 e. The highest BCUT2D eigenvalue weighted by molar-refractivity contribution is 5.70. The van der Waals surface area contributed by atoms with Crippen molar-refractivity contribution in [1.82, 2.24) is 24.5 Å². The normalized spacial score (nSPS) is 11.9. The zero-order valence-electron chi connectivity index (χ0n) is 15.6. The molecular weight excluding hydrogens is 383 g/mol. The predicted molar refractivity (Wildman–Crippen MR) is 101 cm³/mol. The molecular formula is C20H16F3N5O. The molecule has 0 radical (unpaired) electrons. The number of benzene rings is 2. The summed E-state index contributed by atoms with van der Waals surface area (Å²) in [6, 6.07) is 10.5. The second-order valence-corrected chi connectivity index (χ2v) is 6.89. The SMILES string of the molecule is Cc1cc(C)cc(-n2nnc3c(=O)n(Cc4ccc(C(F)(F)F)cc4)cnc32)c1. The summed E-state index contributed by atoms with van der Waals surface area (Å²) in [5, 5.41) is 8.03. The van der Waals surface area contributed by atoms with Crippen molar-refractivity contribution in [2.24, 2.45) is 0 Å². The number of nitrogens with zero attached hydrogens (tertiary/aromatic N) is 5. The predicted octanol–water partition coefficient (Wildman–Crippen LogP) is 3.66. The monoisotopic (exact) mass is 399 g/mol. The first-order chi connectivity index (χ1) is 13.7. The molecule has 2 aromatic carbocycles. The molecule has 0 spiro atoms. The molecule has 0 bridgehead atoms. The second-order valence-electron chi connectivity index (χ2n) is 6.89. The van der Waals surface area contributed by atoms with Gasteiger partial charge in [0.05, 0.1) is 17.8 Å². The van der Waals surface area contributed by atoms with E-state index in [0.29, 0.717) is 11.2 Å². The van der Waals surface area contributed by atoms with Crippen LogP contribution in [0.2, 0.25) is 0 Å². The van der Waals surface area contributed by atoms with E-state index in [0.717, 1.165) is 28.9 Å². The molecule has 0 aliphatic heterocycles. The Hall–Kier alpha value is -3.49. The van der Waals surface area contributed by atoms with Crippen LogP contribution in [0.1, 0.15) is 22.3 Å². The molecule has 4 aromatic rings. The Bertz CT molecular complexity index is 1240. The Morgan fingerprint density at radius 1 is 1.00 bits per heavy atom. The molecule has 29 heavy (non-hydrogen) atoms. The van der Waals surface area contributed by atoms with E-state index in [4.69, 9.17) is 0 Å². The number of alkyl halides is 3. The maximum absolute atomic E-state index is 12.8. The van der Waals surface area contributed by atoms with Crippen molar-refractivity contribution < 1.29 is 13.2 Å². The van der Waals surface area contributed by atoms with Gasteiger partial charge in [-0.15, -0.1) is 5.10 Å². The first-order valence-electron chi connectivity index (χ1n) is 8.78. The average molecular weight is 399 g/mol. The summed E-state index contributed by atoms with van der Waals surface area (Å²) in [5.41, 5.74) is 2.64. The van der Waals surface area contributed by atoms with Crippen molar-refractivity contribution in [2.45, 2.75) is 26.6 Å². The maximum Gasteiger partial charge on any atom is 0.416 e. The molecule has 0 aliphatic carbocycles. The van der Waals surface area contributed by atoms with Crippen LogP contribution in [-0.2, 0) is 12.7 Å². The quantitative estimate of drug-likeness (QED) is 0.527. The summed E-state index contributed by atoms with van der Waals surface area (Å²) in [4.78, 5) is 17.1. The molecule has 0 aliphatic rings. The van der Waals surface area contributed by atoms with Gasteiger partial charge in [0, 0.05) is 0 Å². The molecule has 6 nitrogen and oxygen atoms in total. The molecule has 0 amide bonds. The van der Waals surface area contributed by atoms with Gasteiger partial charge < -0.3 is 0 Å². The summed E-state index contributed by atoms with van der Waals surface area (Å²) >= 11 is 0. The van der Waals surface area contributed by atoms with E-state index >= 15 is 0 Å². The zero-order chi connectivity index (χ0) is 20.8. The van der Waals surface area contributed by atoms with Gasteiger partial charge in [-0.2, -0.15) is 17.9 Å². The van der Waals surface area contributed by atoms with Crippen molar-refractivity contribution in [3.63, 3.8) is 0 Å². The highest BCUT2D eigenvalue weighted by Crippen LogP contribution is 2.29. The lowest BCUT2D eigenvalue weighted by molar-refractivity contribution is -0.137. The van der Waals surface area contributed by atoms with E-state index in [1.165, 1.54) is 27.7 Å². The Labute approximate surface area is 163 Å². The minimum atomic E-state index is -4.40. The van der Waals surface area contributed by atoms with Gasteiger partial charge in [0.15, 0.2) is 11.2 Å². The molecule has 0 fully saturated rings. The molecule has 9 heteroatoms. The molecule has 4 rings (SSSR count). The molecule has 0 unspecified atom stereocenters. The Morgan fingerprint density at radius 2 is 1.66 bits per heavy atom. The Kier molecular flexibility index (Phi) is 4.45. The third-order valence-corrected chi connectivity index (χ3v) is 4.51. The van der Waals surface area contributed by atoms with E-state index < -0.39 is 17.3 Å². The smallest absolute Gasteiger partial charge is 0.293 e. The van der Waals surface area contributed by atoms with Crippen molar-refractivity contribution >= 4 is 11.2 Å². The largest absolute Gasteiger partial charge is 0.416 e. The molecule has 148 valence electrons. The van der Waals surface area contributed by atoms with Crippen LogP contribution >= 0.6 is 0 Å². The van der Waals surface area contributed by atoms with Gasteiger partial charge in [-0.1, -0.05) is 23.4 Å². The van der Waals surface area contributed by atoms with Crippen molar-refractivity contribution in [2.75, 3.05) is 0 Å². The first kappa shape index (κ1) is 18.9. The van der Waals surface area contributed by atoms with Gasteiger partial charge in [-0.05, 0) is 54.8 Å². The third kappa shape index (κ3) is 3.63. The second kappa shape index (κ2) is 6.84. The number of halogens is 3. The van der Waals surface area contributed by atoms with Gasteiger partial charge in [-0.25, -0.2) is 4.98 Å². The number of aromatic nitrogens is 5. The van der Waals surface area contributed by atoms with Gasteiger partial charge >= 0.3 is 6.18 Å². The number of hydrogen-bond donors (Lipinski definition) is 0. The van der Waals surface area contributed by atoms with Crippen molar-refractivity contribution in [3.05, 3.63) is 81.4 Å². The van der Waals surface area contributed by atoms with Gasteiger partial charge in [0.25, 0.3) is 5.56 Å². The van der Waals surface area contributed by atoms with Crippen LogP contribution in [0.5, 0.6) is 0 Å². The van der Waals surface area contributed by atoms with Crippen LogP contribution in [0.25, 0.3) is 16.9 Å². The fourth-order valence-electron chi connectivity index (χ4n) is 3.20. The summed E-state index contributed by atoms with van der Waals surface area (Å²) in [5.74, 6) is 0. The van der Waals surface area contributed by atoms with Gasteiger partial charge in [-0.3, -0.25) is 9.36 Å². The number of rotatable bonds is 3. The molecule has 0 saturated carbocycles. The maximum atomic E-state index is 12.8. The lowest BCUT2D eigenvalue weighted by atomic mass is 10.1. The summed E-state index contributed by atoms with van der Waals surface area (Å²) in [7, 11) is 0. The molecule has 2 aromatic heterocycles. The summed E-state index contributed by atoms with van der Waals surface area (Å²) < 4.78 is 40.9. The highest BCUT2D eigenvalue weighted by atomic mass is 19.4. The molecule has 0 N–H and O–H groups in total. The number of aryl methyl sites for hydroxylation is 2. The van der Waals surface area contributed by atoms with Crippen LogP contribution < -0.4 is 5.56 Å². The Morgan fingerprint density at radius 3 is 2.28 bits per heavy atom. The molecule has 0 saturated heterocycles. The average Bonchev–Trinajstić information content (AvgIpc) is 3.08. The van der Waals surface area contributed by atoms with Gasteiger partial charge in [0.1, 0.15) is 6.33 Å².